The molecule has 1 rings (SSSR count). The molecule has 0 saturated carbocycles. The molecular formula is C13H16O3. The number of Topliss-reactive ketones (excluding diaryl/α,β-unsaturated/α-hetero) is 1. The molecule has 1 atom stereocenters. The fraction of sp³-hybridized carbons (Fsp3) is 0.385. The lowest BCUT2D eigenvalue weighted by Gasteiger charge is -2.12. The highest BCUT2D eigenvalue weighted by molar-refractivity contribution is 5.94. The molecule has 16 heavy (non-hydrogen) atoms. The Labute approximate surface area is 95.4 Å². The molecule has 0 aliphatic heterocycles. The lowest BCUT2D eigenvalue weighted by atomic mass is 10.1. The number of benzene rings is 1. The third-order valence-electron chi connectivity index (χ3n) is 2.09. The molecule has 0 aliphatic carbocycles. The maximum absolute atomic E-state index is 11.2. The summed E-state index contributed by atoms with van der Waals surface area (Å²) < 4.78 is 5.11. The van der Waals surface area contributed by atoms with Gasteiger partial charge in [0.15, 0.2) is 0 Å². The van der Waals surface area contributed by atoms with E-state index >= 15 is 0 Å². The van der Waals surface area contributed by atoms with E-state index in [1.54, 1.807) is 0 Å². The highest BCUT2D eigenvalue weighted by Crippen LogP contribution is 2.06. The summed E-state index contributed by atoms with van der Waals surface area (Å²) in [5, 5.41) is 0. The number of ketones is 1. The fourth-order valence-electron chi connectivity index (χ4n) is 1.46. The van der Waals surface area contributed by atoms with E-state index in [2.05, 4.69) is 0 Å². The van der Waals surface area contributed by atoms with Gasteiger partial charge in [-0.05, 0) is 19.4 Å². The second kappa shape index (κ2) is 6.05. The van der Waals surface area contributed by atoms with Gasteiger partial charge in [-0.25, -0.2) is 0 Å². The Balaban J connectivity index is 2.39. The van der Waals surface area contributed by atoms with Crippen molar-refractivity contribution in [3.8, 4) is 0 Å². The number of hydrogen-bond donors (Lipinski definition) is 0. The Morgan fingerprint density at radius 1 is 1.25 bits per heavy atom. The maximum Gasteiger partial charge on any atom is 0.313 e. The largest absolute Gasteiger partial charge is 0.462 e. The molecule has 0 N–H and O–H groups in total. The van der Waals surface area contributed by atoms with Gasteiger partial charge in [-0.3, -0.25) is 9.59 Å². The quantitative estimate of drug-likeness (QED) is 0.564. The topological polar surface area (TPSA) is 43.4 Å². The number of rotatable bonds is 5. The van der Waals surface area contributed by atoms with E-state index in [1.165, 1.54) is 6.92 Å². The van der Waals surface area contributed by atoms with Crippen LogP contribution in [0.3, 0.4) is 0 Å². The predicted molar refractivity (Wildman–Crippen MR) is 61.0 cm³/mol. The summed E-state index contributed by atoms with van der Waals surface area (Å²) in [6.45, 7) is 3.20. The van der Waals surface area contributed by atoms with Crippen molar-refractivity contribution in [3.05, 3.63) is 35.9 Å². The number of hydrogen-bond acceptors (Lipinski definition) is 3. The van der Waals surface area contributed by atoms with Crippen LogP contribution >= 0.6 is 0 Å². The van der Waals surface area contributed by atoms with E-state index in [0.717, 1.165) is 5.56 Å². The molecule has 0 fully saturated rings. The van der Waals surface area contributed by atoms with E-state index in [0.29, 0.717) is 6.42 Å². The Bertz CT molecular complexity index is 357. The molecule has 0 saturated heterocycles. The minimum atomic E-state index is -0.448. The second-order valence-electron chi connectivity index (χ2n) is 3.87. The van der Waals surface area contributed by atoms with Gasteiger partial charge in [-0.1, -0.05) is 30.3 Å². The first-order valence-electron chi connectivity index (χ1n) is 5.31. The molecule has 0 aliphatic rings. The minimum Gasteiger partial charge on any atom is -0.462 e. The summed E-state index contributed by atoms with van der Waals surface area (Å²) in [4.78, 5) is 21.9. The minimum absolute atomic E-state index is 0.140. The van der Waals surface area contributed by atoms with Crippen molar-refractivity contribution < 1.29 is 14.3 Å². The normalized spacial score (nSPS) is 11.9. The first-order chi connectivity index (χ1) is 7.58. The molecule has 1 aromatic rings. The third-order valence-corrected chi connectivity index (χ3v) is 2.09. The third kappa shape index (κ3) is 4.73. The summed E-state index contributed by atoms with van der Waals surface area (Å²) in [7, 11) is 0. The summed E-state index contributed by atoms with van der Waals surface area (Å²) in [5.74, 6) is -0.618. The van der Waals surface area contributed by atoms with Crippen molar-refractivity contribution >= 4 is 11.8 Å². The fourth-order valence-corrected chi connectivity index (χ4v) is 1.46. The Kier molecular flexibility index (Phi) is 4.70. The predicted octanol–water partition coefficient (Wildman–Crippen LogP) is 2.14. The highest BCUT2D eigenvalue weighted by Gasteiger charge is 2.11. The van der Waals surface area contributed by atoms with Crippen molar-refractivity contribution in [3.63, 3.8) is 0 Å². The zero-order chi connectivity index (χ0) is 12.0. The lowest BCUT2D eigenvalue weighted by molar-refractivity contribution is -0.149. The molecule has 1 aromatic carbocycles. The van der Waals surface area contributed by atoms with Crippen LogP contribution < -0.4 is 0 Å². The van der Waals surface area contributed by atoms with E-state index in [4.69, 9.17) is 4.74 Å². The van der Waals surface area contributed by atoms with Gasteiger partial charge >= 0.3 is 5.97 Å². The van der Waals surface area contributed by atoms with E-state index < -0.39 is 5.97 Å². The van der Waals surface area contributed by atoms with E-state index in [-0.39, 0.29) is 18.3 Å². The summed E-state index contributed by atoms with van der Waals surface area (Å²) >= 11 is 0. The average Bonchev–Trinajstić information content (AvgIpc) is 2.17. The van der Waals surface area contributed by atoms with Gasteiger partial charge in [0.2, 0.25) is 0 Å². The van der Waals surface area contributed by atoms with Gasteiger partial charge in [-0.2, -0.15) is 0 Å². The zero-order valence-corrected chi connectivity index (χ0v) is 9.60. The molecule has 0 amide bonds. The summed E-state index contributed by atoms with van der Waals surface area (Å²) in [6, 6.07) is 9.79. The lowest BCUT2D eigenvalue weighted by Crippen LogP contribution is -2.18. The Hall–Kier alpha value is -1.64. The molecule has 3 nitrogen and oxygen atoms in total. The molecule has 86 valence electrons. The Morgan fingerprint density at radius 3 is 2.44 bits per heavy atom. The first-order valence-corrected chi connectivity index (χ1v) is 5.31. The van der Waals surface area contributed by atoms with Gasteiger partial charge in [0.05, 0.1) is 0 Å². The number of carbonyl (C=O) groups excluding carboxylic acids is 2. The molecule has 0 bridgehead atoms. The van der Waals surface area contributed by atoms with Crippen LogP contribution in [0.15, 0.2) is 30.3 Å². The van der Waals surface area contributed by atoms with E-state index in [1.807, 2.05) is 37.3 Å². The smallest absolute Gasteiger partial charge is 0.313 e. The summed E-state index contributed by atoms with van der Waals surface area (Å²) in [5.41, 5.74) is 1.12. The zero-order valence-electron chi connectivity index (χ0n) is 9.60. The van der Waals surface area contributed by atoms with Gasteiger partial charge in [-0.15, -0.1) is 0 Å². The number of carbonyl (C=O) groups is 2. The number of ether oxygens (including phenoxy) is 1. The van der Waals surface area contributed by atoms with Crippen LogP contribution in [0.1, 0.15) is 25.8 Å². The molecule has 3 heteroatoms. The SMILES string of the molecule is CC(=O)CC(=O)O[C@H](C)Cc1ccccc1. The van der Waals surface area contributed by atoms with Gasteiger partial charge in [0, 0.05) is 6.42 Å². The van der Waals surface area contributed by atoms with Gasteiger partial charge in [0.1, 0.15) is 18.3 Å². The van der Waals surface area contributed by atoms with Crippen molar-refractivity contribution in [2.24, 2.45) is 0 Å². The standard InChI is InChI=1S/C13H16O3/c1-10(14)8-13(15)16-11(2)9-12-6-4-3-5-7-12/h3-7,11H,8-9H2,1-2H3/t11-/m1/s1. The van der Waals surface area contributed by atoms with Crippen LogP contribution in [-0.4, -0.2) is 17.9 Å². The van der Waals surface area contributed by atoms with Crippen LogP contribution in [0.4, 0.5) is 0 Å². The van der Waals surface area contributed by atoms with Crippen molar-refractivity contribution in [2.45, 2.75) is 32.8 Å². The highest BCUT2D eigenvalue weighted by atomic mass is 16.5. The van der Waals surface area contributed by atoms with Crippen molar-refractivity contribution in [1.29, 1.82) is 0 Å². The molecule has 0 heterocycles. The van der Waals surface area contributed by atoms with Crippen molar-refractivity contribution in [1.82, 2.24) is 0 Å². The van der Waals surface area contributed by atoms with Crippen LogP contribution in [0.2, 0.25) is 0 Å². The number of esters is 1. The molecule has 0 spiro atoms. The van der Waals surface area contributed by atoms with Crippen LogP contribution in [-0.2, 0) is 20.7 Å². The van der Waals surface area contributed by atoms with Gasteiger partial charge in [0.25, 0.3) is 0 Å². The van der Waals surface area contributed by atoms with Crippen LogP contribution in [0, 0.1) is 0 Å². The van der Waals surface area contributed by atoms with E-state index in [9.17, 15) is 9.59 Å². The molecule has 0 unspecified atom stereocenters. The molecule has 0 aromatic heterocycles. The monoisotopic (exact) mass is 220 g/mol. The van der Waals surface area contributed by atoms with Crippen LogP contribution in [0.5, 0.6) is 0 Å². The molecular weight excluding hydrogens is 204 g/mol. The van der Waals surface area contributed by atoms with Crippen LogP contribution in [0.25, 0.3) is 0 Å². The Morgan fingerprint density at radius 2 is 1.88 bits per heavy atom. The summed E-state index contributed by atoms with van der Waals surface area (Å²) in [6.07, 6.45) is 0.332. The molecule has 0 radical (unpaired) electrons. The van der Waals surface area contributed by atoms with Gasteiger partial charge < -0.3 is 4.74 Å². The second-order valence-corrected chi connectivity index (χ2v) is 3.87. The first kappa shape index (κ1) is 12.4. The average molecular weight is 220 g/mol. The maximum atomic E-state index is 11.2. The van der Waals surface area contributed by atoms with Crippen molar-refractivity contribution in [2.75, 3.05) is 0 Å².